The molecule has 0 spiro atoms. The number of fused-ring (bicyclic) bond motifs is 1. The highest BCUT2D eigenvalue weighted by atomic mass is 35.5. The quantitative estimate of drug-likeness (QED) is 0.926. The highest BCUT2D eigenvalue weighted by molar-refractivity contribution is 6.30. The van der Waals surface area contributed by atoms with Crippen molar-refractivity contribution in [2.45, 2.75) is 31.7 Å². The minimum absolute atomic E-state index is 0.464. The van der Waals surface area contributed by atoms with Crippen molar-refractivity contribution in [2.75, 3.05) is 26.9 Å². The van der Waals surface area contributed by atoms with Gasteiger partial charge < -0.3 is 14.8 Å². The summed E-state index contributed by atoms with van der Waals surface area (Å²) in [6.45, 7) is 2.55. The Morgan fingerprint density at radius 1 is 1.30 bits per heavy atom. The van der Waals surface area contributed by atoms with E-state index in [1.165, 1.54) is 11.1 Å². The van der Waals surface area contributed by atoms with E-state index in [1.54, 1.807) is 0 Å². The average molecular weight is 296 g/mol. The number of nitrogens with one attached hydrogen (secondary N) is 1. The topological polar surface area (TPSA) is 30.5 Å². The van der Waals surface area contributed by atoms with Gasteiger partial charge in [0.25, 0.3) is 0 Å². The number of ether oxygens (including phenoxy) is 2. The fourth-order valence-corrected chi connectivity index (χ4v) is 3.62. The smallest absolute Gasteiger partial charge is 0.125 e. The second-order valence-corrected chi connectivity index (χ2v) is 6.14. The molecular formula is C16H22ClNO2. The van der Waals surface area contributed by atoms with Crippen molar-refractivity contribution in [3.05, 3.63) is 28.3 Å². The molecule has 4 heteroatoms. The van der Waals surface area contributed by atoms with E-state index in [1.807, 2.05) is 13.1 Å². The van der Waals surface area contributed by atoms with E-state index in [2.05, 4.69) is 11.4 Å². The summed E-state index contributed by atoms with van der Waals surface area (Å²) in [6.07, 6.45) is 4.22. The lowest BCUT2D eigenvalue weighted by Gasteiger charge is -2.30. The molecule has 0 aliphatic carbocycles. The summed E-state index contributed by atoms with van der Waals surface area (Å²) in [4.78, 5) is 0. The Morgan fingerprint density at radius 2 is 2.10 bits per heavy atom. The van der Waals surface area contributed by atoms with Gasteiger partial charge in [-0.05, 0) is 55.5 Å². The van der Waals surface area contributed by atoms with Gasteiger partial charge in [0.1, 0.15) is 5.75 Å². The normalized spacial score (nSPS) is 20.5. The number of halogens is 1. The Bertz CT molecular complexity index is 472. The maximum absolute atomic E-state index is 6.24. The predicted molar refractivity (Wildman–Crippen MR) is 80.7 cm³/mol. The number of likely N-dealkylation sites (N-methyl/N-ethyl adjacent to an activating group) is 1. The molecule has 1 aromatic carbocycles. The molecule has 3 nitrogen and oxygen atoms in total. The highest BCUT2D eigenvalue weighted by Crippen LogP contribution is 2.34. The van der Waals surface area contributed by atoms with Crippen molar-refractivity contribution in [3.8, 4) is 5.75 Å². The lowest BCUT2D eigenvalue weighted by Crippen LogP contribution is -2.38. The third-order valence-corrected chi connectivity index (χ3v) is 4.69. The van der Waals surface area contributed by atoms with Crippen molar-refractivity contribution in [1.82, 2.24) is 5.32 Å². The highest BCUT2D eigenvalue weighted by Gasteiger charge is 2.26. The molecule has 110 valence electrons. The first-order valence-corrected chi connectivity index (χ1v) is 7.85. The molecule has 20 heavy (non-hydrogen) atoms. The molecule has 0 bridgehead atoms. The van der Waals surface area contributed by atoms with Crippen molar-refractivity contribution in [1.29, 1.82) is 0 Å². The van der Waals surface area contributed by atoms with Crippen molar-refractivity contribution in [3.63, 3.8) is 0 Å². The first-order valence-electron chi connectivity index (χ1n) is 7.47. The molecule has 0 saturated carbocycles. The Balaban J connectivity index is 1.78. The molecule has 1 atom stereocenters. The lowest BCUT2D eigenvalue weighted by molar-refractivity contribution is 0.0547. The molecular weight excluding hydrogens is 274 g/mol. The predicted octanol–water partition coefficient (Wildman–Crippen LogP) is 2.83. The molecule has 2 aliphatic heterocycles. The van der Waals surface area contributed by atoms with Gasteiger partial charge in [0, 0.05) is 30.7 Å². The molecule has 2 aliphatic rings. The van der Waals surface area contributed by atoms with Gasteiger partial charge in [-0.2, -0.15) is 0 Å². The van der Waals surface area contributed by atoms with Crippen molar-refractivity contribution in [2.24, 2.45) is 5.92 Å². The summed E-state index contributed by atoms with van der Waals surface area (Å²) in [5.74, 6) is 1.74. The van der Waals surface area contributed by atoms with Crippen LogP contribution in [0.2, 0.25) is 5.02 Å². The molecule has 1 fully saturated rings. The van der Waals surface area contributed by atoms with Gasteiger partial charge in [-0.3, -0.25) is 0 Å². The van der Waals surface area contributed by atoms with E-state index in [9.17, 15) is 0 Å². The molecule has 3 rings (SSSR count). The van der Waals surface area contributed by atoms with Crippen LogP contribution in [0, 0.1) is 5.92 Å². The molecule has 2 heterocycles. The van der Waals surface area contributed by atoms with E-state index in [4.69, 9.17) is 21.1 Å². The monoisotopic (exact) mass is 295 g/mol. The second kappa shape index (κ2) is 6.33. The standard InChI is InChI=1S/C16H22ClNO2/c1-18-15(11-2-5-19-6-3-11)10-13-9-14(17)8-12-4-7-20-16(12)13/h8-9,11,15,18H,2-7,10H2,1H3. The average Bonchev–Trinajstić information content (AvgIpc) is 2.93. The SMILES string of the molecule is CNC(Cc1cc(Cl)cc2c1OCC2)C1CCOCC1. The van der Waals surface area contributed by atoms with Crippen molar-refractivity contribution >= 4 is 11.6 Å². The van der Waals surface area contributed by atoms with Gasteiger partial charge in [-0.15, -0.1) is 0 Å². The third kappa shape index (κ3) is 2.95. The van der Waals surface area contributed by atoms with Crippen LogP contribution in [0.3, 0.4) is 0 Å². The van der Waals surface area contributed by atoms with Crippen LogP contribution >= 0.6 is 11.6 Å². The van der Waals surface area contributed by atoms with Gasteiger partial charge in [0.05, 0.1) is 6.61 Å². The zero-order valence-electron chi connectivity index (χ0n) is 12.0. The van der Waals surface area contributed by atoms with Gasteiger partial charge >= 0.3 is 0 Å². The molecule has 0 aromatic heterocycles. The number of benzene rings is 1. The molecule has 1 saturated heterocycles. The Kier molecular flexibility index (Phi) is 4.49. The second-order valence-electron chi connectivity index (χ2n) is 5.70. The summed E-state index contributed by atoms with van der Waals surface area (Å²) in [6, 6.07) is 4.57. The molecule has 0 radical (unpaired) electrons. The molecule has 1 N–H and O–H groups in total. The maximum atomic E-state index is 6.24. The Labute approximate surface area is 125 Å². The van der Waals surface area contributed by atoms with Crippen LogP contribution in [0.5, 0.6) is 5.75 Å². The summed E-state index contributed by atoms with van der Waals surface area (Å²) >= 11 is 6.24. The van der Waals surface area contributed by atoms with Crippen molar-refractivity contribution < 1.29 is 9.47 Å². The fourth-order valence-electron chi connectivity index (χ4n) is 3.36. The first kappa shape index (κ1) is 14.2. The minimum Gasteiger partial charge on any atom is -0.493 e. The van der Waals surface area contributed by atoms with Gasteiger partial charge in [-0.25, -0.2) is 0 Å². The lowest BCUT2D eigenvalue weighted by atomic mass is 9.87. The molecule has 1 unspecified atom stereocenters. The first-order chi connectivity index (χ1) is 9.78. The van der Waals surface area contributed by atoms with Crippen LogP contribution in [0.1, 0.15) is 24.0 Å². The summed E-state index contributed by atoms with van der Waals surface area (Å²) in [5, 5.41) is 4.30. The molecule has 1 aromatic rings. The largest absolute Gasteiger partial charge is 0.493 e. The number of hydrogen-bond donors (Lipinski definition) is 1. The molecule has 0 amide bonds. The van der Waals surface area contributed by atoms with Crippen LogP contribution in [-0.2, 0) is 17.6 Å². The number of rotatable bonds is 4. The van der Waals surface area contributed by atoms with Crippen LogP contribution in [0.4, 0.5) is 0 Å². The third-order valence-electron chi connectivity index (χ3n) is 4.47. The maximum Gasteiger partial charge on any atom is 0.125 e. The zero-order chi connectivity index (χ0) is 13.9. The Hall–Kier alpha value is -0.770. The number of hydrogen-bond acceptors (Lipinski definition) is 3. The summed E-state index contributed by atoms with van der Waals surface area (Å²) in [5.41, 5.74) is 2.50. The van der Waals surface area contributed by atoms with E-state index >= 15 is 0 Å². The van der Waals surface area contributed by atoms with E-state index in [-0.39, 0.29) is 0 Å². The summed E-state index contributed by atoms with van der Waals surface area (Å²) in [7, 11) is 2.05. The van der Waals surface area contributed by atoms with Gasteiger partial charge in [0.2, 0.25) is 0 Å². The van der Waals surface area contributed by atoms with Crippen LogP contribution in [-0.4, -0.2) is 32.9 Å². The summed E-state index contributed by atoms with van der Waals surface area (Å²) < 4.78 is 11.3. The van der Waals surface area contributed by atoms with E-state index in [0.717, 1.165) is 56.3 Å². The Morgan fingerprint density at radius 3 is 2.85 bits per heavy atom. The van der Waals surface area contributed by atoms with Crippen LogP contribution < -0.4 is 10.1 Å². The van der Waals surface area contributed by atoms with E-state index in [0.29, 0.717) is 12.0 Å². The van der Waals surface area contributed by atoms with Gasteiger partial charge in [0.15, 0.2) is 0 Å². The zero-order valence-corrected chi connectivity index (χ0v) is 12.7. The minimum atomic E-state index is 0.464. The van der Waals surface area contributed by atoms with E-state index < -0.39 is 0 Å². The van der Waals surface area contributed by atoms with Crippen LogP contribution in [0.15, 0.2) is 12.1 Å². The van der Waals surface area contributed by atoms with Crippen LogP contribution in [0.25, 0.3) is 0 Å². The van der Waals surface area contributed by atoms with Gasteiger partial charge in [-0.1, -0.05) is 11.6 Å². The fraction of sp³-hybridized carbons (Fsp3) is 0.625.